The van der Waals surface area contributed by atoms with Gasteiger partial charge in [0.05, 0.1) is 12.5 Å². The normalized spacial score (nSPS) is 22.6. The van der Waals surface area contributed by atoms with E-state index in [0.29, 0.717) is 6.42 Å². The molecule has 1 aromatic carbocycles. The quantitative estimate of drug-likeness (QED) is 0.885. The number of nitrogens with zero attached hydrogens (tertiary/aromatic N) is 2. The van der Waals surface area contributed by atoms with Gasteiger partial charge < -0.3 is 10.2 Å². The van der Waals surface area contributed by atoms with Gasteiger partial charge in [-0.15, -0.1) is 0 Å². The Kier molecular flexibility index (Phi) is 4.11. The van der Waals surface area contributed by atoms with Crippen LogP contribution in [0.3, 0.4) is 0 Å². The second-order valence-corrected chi connectivity index (χ2v) is 6.03. The van der Waals surface area contributed by atoms with E-state index in [9.17, 15) is 0 Å². The number of benzene rings is 1. The number of hydrogen-bond donors (Lipinski definition) is 1. The molecule has 1 aliphatic heterocycles. The fourth-order valence-corrected chi connectivity index (χ4v) is 2.75. The van der Waals surface area contributed by atoms with E-state index >= 15 is 0 Å². The first kappa shape index (κ1) is 13.9. The third-order valence-corrected chi connectivity index (χ3v) is 3.95. The second kappa shape index (κ2) is 5.63. The SMILES string of the molecule is Cc1cccc(N2CC(CC#N)NCCC2(C)C)c1. The van der Waals surface area contributed by atoms with E-state index in [2.05, 4.69) is 61.3 Å². The molecule has 0 bridgehead atoms. The lowest BCUT2D eigenvalue weighted by Crippen LogP contribution is -2.46. The highest BCUT2D eigenvalue weighted by molar-refractivity contribution is 5.51. The Morgan fingerprint density at radius 1 is 1.47 bits per heavy atom. The summed E-state index contributed by atoms with van der Waals surface area (Å²) in [7, 11) is 0. The predicted molar refractivity (Wildman–Crippen MR) is 79.2 cm³/mol. The molecule has 1 fully saturated rings. The van der Waals surface area contributed by atoms with Crippen LogP contribution in [0.4, 0.5) is 5.69 Å². The molecule has 1 atom stereocenters. The van der Waals surface area contributed by atoms with Crippen molar-refractivity contribution in [3.8, 4) is 6.07 Å². The molecule has 2 rings (SSSR count). The highest BCUT2D eigenvalue weighted by atomic mass is 15.2. The van der Waals surface area contributed by atoms with Crippen LogP contribution < -0.4 is 10.2 Å². The van der Waals surface area contributed by atoms with Gasteiger partial charge >= 0.3 is 0 Å². The summed E-state index contributed by atoms with van der Waals surface area (Å²) in [5, 5.41) is 12.4. The Hall–Kier alpha value is -1.53. The van der Waals surface area contributed by atoms with Crippen LogP contribution in [-0.4, -0.2) is 24.7 Å². The van der Waals surface area contributed by atoms with Crippen LogP contribution in [0.2, 0.25) is 0 Å². The topological polar surface area (TPSA) is 39.1 Å². The van der Waals surface area contributed by atoms with Gasteiger partial charge in [-0.25, -0.2) is 0 Å². The summed E-state index contributed by atoms with van der Waals surface area (Å²) in [4.78, 5) is 2.45. The molecule has 3 heteroatoms. The summed E-state index contributed by atoms with van der Waals surface area (Å²) in [6, 6.07) is 11.2. The number of rotatable bonds is 2. The molecule has 3 nitrogen and oxygen atoms in total. The Morgan fingerprint density at radius 2 is 2.26 bits per heavy atom. The van der Waals surface area contributed by atoms with E-state index in [1.165, 1.54) is 11.3 Å². The molecule has 1 saturated heterocycles. The molecule has 1 aromatic rings. The molecule has 1 heterocycles. The summed E-state index contributed by atoms with van der Waals surface area (Å²) in [5.41, 5.74) is 2.66. The molecular formula is C16H23N3. The molecule has 1 N–H and O–H groups in total. The zero-order chi connectivity index (χ0) is 13.9. The molecule has 0 saturated carbocycles. The van der Waals surface area contributed by atoms with Gasteiger partial charge in [-0.3, -0.25) is 0 Å². The molecule has 0 radical (unpaired) electrons. The largest absolute Gasteiger partial charge is 0.365 e. The molecule has 0 aromatic heterocycles. The molecular weight excluding hydrogens is 234 g/mol. The number of nitriles is 1. The Bertz CT molecular complexity index is 473. The van der Waals surface area contributed by atoms with Gasteiger partial charge in [0.2, 0.25) is 0 Å². The third-order valence-electron chi connectivity index (χ3n) is 3.95. The van der Waals surface area contributed by atoms with Crippen LogP contribution in [0.25, 0.3) is 0 Å². The van der Waals surface area contributed by atoms with Gasteiger partial charge in [0, 0.05) is 23.8 Å². The summed E-state index contributed by atoms with van der Waals surface area (Å²) in [6.07, 6.45) is 1.65. The van der Waals surface area contributed by atoms with E-state index in [-0.39, 0.29) is 11.6 Å². The highest BCUT2D eigenvalue weighted by Gasteiger charge is 2.31. The number of aryl methyl sites for hydroxylation is 1. The molecule has 0 amide bonds. The first-order valence-electron chi connectivity index (χ1n) is 6.97. The third kappa shape index (κ3) is 3.27. The lowest BCUT2D eigenvalue weighted by Gasteiger charge is -2.40. The van der Waals surface area contributed by atoms with E-state index in [4.69, 9.17) is 5.26 Å². The van der Waals surface area contributed by atoms with Crippen molar-refractivity contribution in [3.05, 3.63) is 29.8 Å². The van der Waals surface area contributed by atoms with Crippen LogP contribution in [0.5, 0.6) is 0 Å². The standard InChI is InChI=1S/C16H23N3/c1-13-5-4-6-15(11-13)19-12-14(7-9-17)18-10-8-16(19,2)3/h4-6,11,14,18H,7-8,10,12H2,1-3H3. The first-order chi connectivity index (χ1) is 9.03. The Morgan fingerprint density at radius 3 is 2.95 bits per heavy atom. The molecule has 0 spiro atoms. The van der Waals surface area contributed by atoms with Crippen LogP contribution in [-0.2, 0) is 0 Å². The van der Waals surface area contributed by atoms with E-state index in [1.807, 2.05) is 0 Å². The monoisotopic (exact) mass is 257 g/mol. The Labute approximate surface area is 116 Å². The van der Waals surface area contributed by atoms with Crippen molar-refractivity contribution < 1.29 is 0 Å². The minimum Gasteiger partial charge on any atom is -0.365 e. The number of nitrogens with one attached hydrogen (secondary N) is 1. The maximum absolute atomic E-state index is 8.93. The maximum Gasteiger partial charge on any atom is 0.0638 e. The minimum atomic E-state index is 0.116. The summed E-state index contributed by atoms with van der Waals surface area (Å²) in [5.74, 6) is 0. The second-order valence-electron chi connectivity index (χ2n) is 6.03. The summed E-state index contributed by atoms with van der Waals surface area (Å²) < 4.78 is 0. The van der Waals surface area contributed by atoms with E-state index < -0.39 is 0 Å². The molecule has 1 unspecified atom stereocenters. The lowest BCUT2D eigenvalue weighted by atomic mass is 9.97. The average Bonchev–Trinajstić information content (AvgIpc) is 2.49. The van der Waals surface area contributed by atoms with Gasteiger partial charge in [-0.1, -0.05) is 12.1 Å². The zero-order valence-electron chi connectivity index (χ0n) is 12.1. The fourth-order valence-electron chi connectivity index (χ4n) is 2.75. The van der Waals surface area contributed by atoms with Crippen molar-refractivity contribution in [3.63, 3.8) is 0 Å². The summed E-state index contributed by atoms with van der Waals surface area (Å²) >= 11 is 0. The summed E-state index contributed by atoms with van der Waals surface area (Å²) in [6.45, 7) is 8.56. The van der Waals surface area contributed by atoms with Crippen molar-refractivity contribution in [2.75, 3.05) is 18.0 Å². The average molecular weight is 257 g/mol. The number of hydrogen-bond acceptors (Lipinski definition) is 3. The maximum atomic E-state index is 8.93. The molecule has 102 valence electrons. The Balaban J connectivity index is 2.29. The van der Waals surface area contributed by atoms with Gasteiger partial charge in [0.1, 0.15) is 0 Å². The molecule has 1 aliphatic rings. The lowest BCUT2D eigenvalue weighted by molar-refractivity contribution is 0.452. The van der Waals surface area contributed by atoms with E-state index in [1.54, 1.807) is 0 Å². The van der Waals surface area contributed by atoms with Crippen LogP contribution in [0, 0.1) is 18.3 Å². The number of anilines is 1. The van der Waals surface area contributed by atoms with Crippen molar-refractivity contribution in [1.82, 2.24) is 5.32 Å². The van der Waals surface area contributed by atoms with Crippen LogP contribution >= 0.6 is 0 Å². The van der Waals surface area contributed by atoms with Gasteiger partial charge in [-0.2, -0.15) is 5.26 Å². The smallest absolute Gasteiger partial charge is 0.0638 e. The predicted octanol–water partition coefficient (Wildman–Crippen LogP) is 2.86. The van der Waals surface area contributed by atoms with Crippen LogP contribution in [0.1, 0.15) is 32.3 Å². The first-order valence-corrected chi connectivity index (χ1v) is 6.97. The van der Waals surface area contributed by atoms with Crippen molar-refractivity contribution in [1.29, 1.82) is 5.26 Å². The fraction of sp³-hybridized carbons (Fsp3) is 0.562. The van der Waals surface area contributed by atoms with E-state index in [0.717, 1.165) is 19.5 Å². The van der Waals surface area contributed by atoms with Gasteiger partial charge in [-0.05, 0) is 51.4 Å². The van der Waals surface area contributed by atoms with Crippen molar-refractivity contribution in [2.24, 2.45) is 0 Å². The highest BCUT2D eigenvalue weighted by Crippen LogP contribution is 2.29. The zero-order valence-corrected chi connectivity index (χ0v) is 12.1. The van der Waals surface area contributed by atoms with Gasteiger partial charge in [0.15, 0.2) is 0 Å². The minimum absolute atomic E-state index is 0.116. The van der Waals surface area contributed by atoms with Crippen molar-refractivity contribution >= 4 is 5.69 Å². The van der Waals surface area contributed by atoms with Crippen molar-refractivity contribution in [2.45, 2.75) is 45.2 Å². The van der Waals surface area contributed by atoms with Crippen LogP contribution in [0.15, 0.2) is 24.3 Å². The van der Waals surface area contributed by atoms with Gasteiger partial charge in [0.25, 0.3) is 0 Å². The molecule has 0 aliphatic carbocycles. The molecule has 19 heavy (non-hydrogen) atoms.